The van der Waals surface area contributed by atoms with Crippen LogP contribution in [0.3, 0.4) is 0 Å². The van der Waals surface area contributed by atoms with E-state index in [4.69, 9.17) is 0 Å². The number of carbonyl (C=O) groups is 1. The van der Waals surface area contributed by atoms with Crippen molar-refractivity contribution >= 4 is 21.6 Å². The van der Waals surface area contributed by atoms with E-state index < -0.39 is 26.8 Å². The van der Waals surface area contributed by atoms with E-state index >= 15 is 0 Å². The molecule has 0 bridgehead atoms. The fraction of sp³-hybridized carbons (Fsp3) is 0.462. The van der Waals surface area contributed by atoms with Gasteiger partial charge in [0, 0.05) is 19.2 Å². The fourth-order valence-corrected chi connectivity index (χ4v) is 2.85. The van der Waals surface area contributed by atoms with Gasteiger partial charge in [-0.25, -0.2) is 17.5 Å². The highest BCUT2D eigenvalue weighted by molar-refractivity contribution is 7.89. The average Bonchev–Trinajstić information content (AvgIpc) is 2.36. The minimum absolute atomic E-state index is 0.171. The Hall–Kier alpha value is -1.51. The third-order valence-electron chi connectivity index (χ3n) is 2.67. The predicted octanol–water partition coefficient (Wildman–Crippen LogP) is 1.22. The zero-order valence-corrected chi connectivity index (χ0v) is 12.7. The van der Waals surface area contributed by atoms with Crippen LogP contribution in [0.4, 0.5) is 10.1 Å². The van der Waals surface area contributed by atoms with E-state index in [9.17, 15) is 22.7 Å². The van der Waals surface area contributed by atoms with Crippen LogP contribution in [-0.4, -0.2) is 32.1 Å². The van der Waals surface area contributed by atoms with Crippen molar-refractivity contribution in [3.05, 3.63) is 24.0 Å². The number of hydrogen-bond donors (Lipinski definition) is 3. The number of amides is 1. The Kier molecular flexibility index (Phi) is 6.25. The molecule has 0 aliphatic carbocycles. The van der Waals surface area contributed by atoms with E-state index in [0.29, 0.717) is 12.8 Å². The Balaban J connectivity index is 2.86. The second kappa shape index (κ2) is 7.48. The number of aliphatic hydroxyl groups excluding tert-OH is 1. The fourth-order valence-electron chi connectivity index (χ4n) is 1.72. The molecule has 6 nitrogen and oxygen atoms in total. The normalized spacial score (nSPS) is 13.0. The summed E-state index contributed by atoms with van der Waals surface area (Å²) in [6, 6.07) is 3.29. The predicted molar refractivity (Wildman–Crippen MR) is 76.8 cm³/mol. The second-order valence-electron chi connectivity index (χ2n) is 4.62. The lowest BCUT2D eigenvalue weighted by atomic mass is 10.2. The molecule has 0 saturated carbocycles. The molecule has 0 aliphatic rings. The van der Waals surface area contributed by atoms with Gasteiger partial charge in [0.2, 0.25) is 15.9 Å². The van der Waals surface area contributed by atoms with E-state index in [1.54, 1.807) is 0 Å². The standard InChI is InChI=1S/C13H19FN2O4S/c1-3-4-11(18)8-15-21(19,20)13-6-5-10(7-12(13)14)16-9(2)17/h5-7,11,15,18H,3-4,8H2,1-2H3,(H,16,17). The van der Waals surface area contributed by atoms with Crippen LogP contribution < -0.4 is 10.0 Å². The first-order valence-corrected chi connectivity index (χ1v) is 7.99. The van der Waals surface area contributed by atoms with Gasteiger partial charge in [-0.05, 0) is 24.6 Å². The number of anilines is 1. The minimum Gasteiger partial charge on any atom is -0.392 e. The van der Waals surface area contributed by atoms with Crippen LogP contribution in [0, 0.1) is 5.82 Å². The quantitative estimate of drug-likeness (QED) is 0.704. The molecule has 21 heavy (non-hydrogen) atoms. The number of rotatable bonds is 7. The van der Waals surface area contributed by atoms with Gasteiger partial charge in [-0.2, -0.15) is 0 Å². The molecule has 0 spiro atoms. The van der Waals surface area contributed by atoms with E-state index in [-0.39, 0.29) is 18.1 Å². The number of halogens is 1. The molecule has 0 saturated heterocycles. The number of sulfonamides is 1. The molecule has 1 aromatic rings. The first-order chi connectivity index (χ1) is 9.76. The van der Waals surface area contributed by atoms with E-state index in [1.807, 2.05) is 6.92 Å². The Morgan fingerprint density at radius 2 is 2.10 bits per heavy atom. The summed E-state index contributed by atoms with van der Waals surface area (Å²) in [6.45, 7) is 2.94. The molecule has 1 rings (SSSR count). The highest BCUT2D eigenvalue weighted by Crippen LogP contribution is 2.19. The molecule has 0 radical (unpaired) electrons. The lowest BCUT2D eigenvalue weighted by Gasteiger charge is -2.12. The van der Waals surface area contributed by atoms with Gasteiger partial charge in [0.05, 0.1) is 6.10 Å². The van der Waals surface area contributed by atoms with Crippen molar-refractivity contribution in [3.8, 4) is 0 Å². The van der Waals surface area contributed by atoms with Crippen molar-refractivity contribution in [2.24, 2.45) is 0 Å². The first kappa shape index (κ1) is 17.5. The third kappa shape index (κ3) is 5.41. The molecular formula is C13H19FN2O4S. The Labute approximate surface area is 123 Å². The second-order valence-corrected chi connectivity index (χ2v) is 6.36. The summed E-state index contributed by atoms with van der Waals surface area (Å²) in [6.07, 6.45) is 0.348. The Morgan fingerprint density at radius 1 is 1.43 bits per heavy atom. The van der Waals surface area contributed by atoms with E-state index in [1.165, 1.54) is 13.0 Å². The summed E-state index contributed by atoms with van der Waals surface area (Å²) in [5.74, 6) is -1.36. The van der Waals surface area contributed by atoms with Gasteiger partial charge in [0.1, 0.15) is 10.7 Å². The van der Waals surface area contributed by atoms with Gasteiger partial charge in [-0.1, -0.05) is 13.3 Å². The van der Waals surface area contributed by atoms with E-state index in [0.717, 1.165) is 12.1 Å². The van der Waals surface area contributed by atoms with Gasteiger partial charge in [0.25, 0.3) is 0 Å². The summed E-state index contributed by atoms with van der Waals surface area (Å²) >= 11 is 0. The van der Waals surface area contributed by atoms with Crippen molar-refractivity contribution in [2.45, 2.75) is 37.7 Å². The third-order valence-corrected chi connectivity index (χ3v) is 4.13. The van der Waals surface area contributed by atoms with Crippen molar-refractivity contribution in [1.82, 2.24) is 4.72 Å². The lowest BCUT2D eigenvalue weighted by Crippen LogP contribution is -2.32. The van der Waals surface area contributed by atoms with Crippen LogP contribution in [0.25, 0.3) is 0 Å². The molecule has 1 aromatic carbocycles. The maximum absolute atomic E-state index is 13.8. The highest BCUT2D eigenvalue weighted by atomic mass is 32.2. The van der Waals surface area contributed by atoms with Crippen molar-refractivity contribution in [2.75, 3.05) is 11.9 Å². The van der Waals surface area contributed by atoms with Crippen molar-refractivity contribution < 1.29 is 22.7 Å². The number of aliphatic hydroxyl groups is 1. The Morgan fingerprint density at radius 3 is 2.62 bits per heavy atom. The molecule has 0 heterocycles. The summed E-state index contributed by atoms with van der Waals surface area (Å²) < 4.78 is 39.9. The zero-order chi connectivity index (χ0) is 16.0. The van der Waals surface area contributed by atoms with Crippen LogP contribution >= 0.6 is 0 Å². The molecule has 8 heteroatoms. The van der Waals surface area contributed by atoms with Crippen molar-refractivity contribution in [1.29, 1.82) is 0 Å². The molecule has 0 aromatic heterocycles. The molecule has 1 atom stereocenters. The van der Waals surface area contributed by atoms with Gasteiger partial charge in [-0.15, -0.1) is 0 Å². The van der Waals surface area contributed by atoms with Crippen LogP contribution in [-0.2, 0) is 14.8 Å². The summed E-state index contributed by atoms with van der Waals surface area (Å²) in [7, 11) is -4.05. The van der Waals surface area contributed by atoms with Gasteiger partial charge < -0.3 is 10.4 Å². The smallest absolute Gasteiger partial charge is 0.243 e. The van der Waals surface area contributed by atoms with Crippen molar-refractivity contribution in [3.63, 3.8) is 0 Å². The molecule has 3 N–H and O–H groups in total. The zero-order valence-electron chi connectivity index (χ0n) is 11.9. The molecule has 1 amide bonds. The molecular weight excluding hydrogens is 299 g/mol. The first-order valence-electron chi connectivity index (χ1n) is 6.51. The van der Waals surface area contributed by atoms with Crippen LogP contribution in [0.15, 0.2) is 23.1 Å². The van der Waals surface area contributed by atoms with Crippen LogP contribution in [0.1, 0.15) is 26.7 Å². The monoisotopic (exact) mass is 318 g/mol. The summed E-state index contributed by atoms with van der Waals surface area (Å²) in [5.41, 5.74) is 0.171. The SMILES string of the molecule is CCCC(O)CNS(=O)(=O)c1ccc(NC(C)=O)cc1F. The molecule has 1 unspecified atom stereocenters. The highest BCUT2D eigenvalue weighted by Gasteiger charge is 2.20. The minimum atomic E-state index is -4.05. The maximum atomic E-state index is 13.8. The van der Waals surface area contributed by atoms with Crippen LogP contribution in [0.2, 0.25) is 0 Å². The number of nitrogens with one attached hydrogen (secondary N) is 2. The number of hydrogen-bond acceptors (Lipinski definition) is 4. The number of carbonyl (C=O) groups excluding carboxylic acids is 1. The Bertz CT molecular complexity index is 604. The largest absolute Gasteiger partial charge is 0.392 e. The van der Waals surface area contributed by atoms with Gasteiger partial charge >= 0.3 is 0 Å². The lowest BCUT2D eigenvalue weighted by molar-refractivity contribution is -0.114. The molecule has 0 aliphatic heterocycles. The molecule has 0 fully saturated rings. The number of benzene rings is 1. The topological polar surface area (TPSA) is 95.5 Å². The summed E-state index contributed by atoms with van der Waals surface area (Å²) in [5, 5.41) is 11.9. The van der Waals surface area contributed by atoms with Crippen LogP contribution in [0.5, 0.6) is 0 Å². The summed E-state index contributed by atoms with van der Waals surface area (Å²) in [4.78, 5) is 10.3. The van der Waals surface area contributed by atoms with Gasteiger partial charge in [-0.3, -0.25) is 4.79 Å². The molecule has 118 valence electrons. The van der Waals surface area contributed by atoms with Gasteiger partial charge in [0.15, 0.2) is 0 Å². The maximum Gasteiger partial charge on any atom is 0.243 e. The van der Waals surface area contributed by atoms with E-state index in [2.05, 4.69) is 10.0 Å². The average molecular weight is 318 g/mol.